The summed E-state index contributed by atoms with van der Waals surface area (Å²) in [7, 11) is 1.77. The smallest absolute Gasteiger partial charge is 0.191 e. The van der Waals surface area contributed by atoms with E-state index in [0.29, 0.717) is 5.82 Å². The molecule has 0 aliphatic carbocycles. The molecule has 1 aromatic rings. The van der Waals surface area contributed by atoms with Crippen LogP contribution in [0.4, 0.5) is 11.6 Å². The summed E-state index contributed by atoms with van der Waals surface area (Å²) in [6, 6.07) is 1.83. The zero-order valence-corrected chi connectivity index (χ0v) is 12.0. The lowest BCUT2D eigenvalue weighted by Gasteiger charge is -2.40. The third-order valence-electron chi connectivity index (χ3n) is 3.37. The fourth-order valence-electron chi connectivity index (χ4n) is 2.25. The van der Waals surface area contributed by atoms with E-state index in [-0.39, 0.29) is 5.60 Å². The molecule has 1 atom stereocenters. The van der Waals surface area contributed by atoms with Gasteiger partial charge in [0.25, 0.3) is 0 Å². The van der Waals surface area contributed by atoms with Crippen LogP contribution < -0.4 is 10.6 Å². The van der Waals surface area contributed by atoms with Gasteiger partial charge in [0, 0.05) is 26.3 Å². The van der Waals surface area contributed by atoms with Gasteiger partial charge in [-0.2, -0.15) is 0 Å². The topological polar surface area (TPSA) is 64.3 Å². The summed E-state index contributed by atoms with van der Waals surface area (Å²) in [5.74, 6) is 1.42. The normalized spacial score (nSPS) is 24.3. The number of nitrogens with zero attached hydrogens (tertiary/aromatic N) is 3. The lowest BCUT2D eigenvalue weighted by Crippen LogP contribution is -2.47. The molecule has 2 N–H and O–H groups in total. The number of rotatable bonds is 3. The van der Waals surface area contributed by atoms with Crippen LogP contribution in [0.3, 0.4) is 0 Å². The summed E-state index contributed by atoms with van der Waals surface area (Å²) in [5, 5.41) is 0.717. The van der Waals surface area contributed by atoms with E-state index in [1.807, 2.05) is 12.3 Å². The van der Waals surface area contributed by atoms with E-state index in [0.717, 1.165) is 36.9 Å². The summed E-state index contributed by atoms with van der Waals surface area (Å²) in [5.41, 5.74) is 5.72. The zero-order chi connectivity index (χ0) is 13.2. The minimum Gasteiger partial charge on any atom is -0.383 e. The van der Waals surface area contributed by atoms with Gasteiger partial charge in [0.1, 0.15) is 11.6 Å². The number of hydrogen-bond donors (Lipinski definition) is 1. The van der Waals surface area contributed by atoms with Crippen molar-refractivity contribution in [2.45, 2.75) is 30.5 Å². The van der Waals surface area contributed by atoms with Crippen molar-refractivity contribution in [1.82, 2.24) is 9.97 Å². The van der Waals surface area contributed by atoms with Gasteiger partial charge in [0.15, 0.2) is 5.16 Å². The Labute approximate surface area is 112 Å². The molecule has 1 aromatic heterocycles. The molecule has 2 rings (SSSR count). The Balaban J connectivity index is 2.23. The molecule has 2 heterocycles. The van der Waals surface area contributed by atoms with Crippen LogP contribution in [-0.2, 0) is 4.74 Å². The lowest BCUT2D eigenvalue weighted by molar-refractivity contribution is -0.00483. The van der Waals surface area contributed by atoms with Gasteiger partial charge in [-0.15, -0.1) is 0 Å². The molecule has 1 aliphatic rings. The van der Waals surface area contributed by atoms with Crippen molar-refractivity contribution in [2.24, 2.45) is 0 Å². The molecule has 6 heteroatoms. The highest BCUT2D eigenvalue weighted by molar-refractivity contribution is 7.98. The van der Waals surface area contributed by atoms with E-state index >= 15 is 0 Å². The number of thioether (sulfide) groups is 1. The van der Waals surface area contributed by atoms with E-state index < -0.39 is 0 Å². The quantitative estimate of drug-likeness (QED) is 0.666. The Hall–Kier alpha value is -1.01. The monoisotopic (exact) mass is 268 g/mol. The highest BCUT2D eigenvalue weighted by Crippen LogP contribution is 2.28. The largest absolute Gasteiger partial charge is 0.383 e. The second kappa shape index (κ2) is 5.32. The van der Waals surface area contributed by atoms with Crippen LogP contribution in [0, 0.1) is 0 Å². The number of methoxy groups -OCH3 is 1. The van der Waals surface area contributed by atoms with Crippen molar-refractivity contribution in [3.05, 3.63) is 6.07 Å². The molecule has 100 valence electrons. The Morgan fingerprint density at radius 2 is 2.28 bits per heavy atom. The van der Waals surface area contributed by atoms with Crippen LogP contribution in [0.15, 0.2) is 11.2 Å². The van der Waals surface area contributed by atoms with E-state index in [9.17, 15) is 0 Å². The summed E-state index contributed by atoms with van der Waals surface area (Å²) in [6.07, 6.45) is 4.13. The van der Waals surface area contributed by atoms with Gasteiger partial charge < -0.3 is 15.4 Å². The standard InChI is InChI=1S/C12H20N4OS/c1-12(17-2)5-4-6-16(8-12)10-7-9(13)14-11(15-10)18-3/h7H,4-6,8H2,1-3H3,(H2,13,14,15). The third kappa shape index (κ3) is 2.87. The number of nitrogen functional groups attached to an aromatic ring is 1. The summed E-state index contributed by atoms with van der Waals surface area (Å²) in [4.78, 5) is 10.9. The predicted octanol–water partition coefficient (Wildman–Crippen LogP) is 1.79. The molecule has 0 bridgehead atoms. The van der Waals surface area contributed by atoms with Crippen LogP contribution in [-0.4, -0.2) is 42.0 Å². The van der Waals surface area contributed by atoms with Gasteiger partial charge in [-0.3, -0.25) is 0 Å². The molecule has 5 nitrogen and oxygen atoms in total. The summed E-state index contributed by atoms with van der Waals surface area (Å²) >= 11 is 1.51. The maximum absolute atomic E-state index is 5.82. The molecule has 1 unspecified atom stereocenters. The fourth-order valence-corrected chi connectivity index (χ4v) is 2.63. The zero-order valence-electron chi connectivity index (χ0n) is 11.1. The molecule has 0 spiro atoms. The number of anilines is 2. The first-order chi connectivity index (χ1) is 8.56. The Morgan fingerprint density at radius 3 is 2.94 bits per heavy atom. The minimum absolute atomic E-state index is 0.0997. The van der Waals surface area contributed by atoms with E-state index in [4.69, 9.17) is 10.5 Å². The van der Waals surface area contributed by atoms with Crippen LogP contribution in [0.2, 0.25) is 0 Å². The van der Waals surface area contributed by atoms with Gasteiger partial charge >= 0.3 is 0 Å². The lowest BCUT2D eigenvalue weighted by atomic mass is 9.95. The molecule has 1 fully saturated rings. The molecule has 18 heavy (non-hydrogen) atoms. The molecule has 0 saturated carbocycles. The van der Waals surface area contributed by atoms with Crippen molar-refractivity contribution in [3.8, 4) is 0 Å². The summed E-state index contributed by atoms with van der Waals surface area (Å²) < 4.78 is 5.60. The number of nitrogens with two attached hydrogens (primary N) is 1. The van der Waals surface area contributed by atoms with Gasteiger partial charge in [0.05, 0.1) is 5.60 Å². The third-order valence-corrected chi connectivity index (χ3v) is 3.92. The van der Waals surface area contributed by atoms with Crippen LogP contribution in [0.5, 0.6) is 0 Å². The van der Waals surface area contributed by atoms with Gasteiger partial charge in [-0.25, -0.2) is 9.97 Å². The van der Waals surface area contributed by atoms with Crippen molar-refractivity contribution in [2.75, 3.05) is 37.1 Å². The average molecular weight is 268 g/mol. The molecule has 1 aliphatic heterocycles. The predicted molar refractivity (Wildman–Crippen MR) is 75.1 cm³/mol. The molecular formula is C12H20N4OS. The van der Waals surface area contributed by atoms with E-state index in [1.54, 1.807) is 7.11 Å². The molecule has 0 amide bonds. The minimum atomic E-state index is -0.0997. The first-order valence-corrected chi connectivity index (χ1v) is 7.27. The number of piperidine rings is 1. The highest BCUT2D eigenvalue weighted by atomic mass is 32.2. The molecular weight excluding hydrogens is 248 g/mol. The number of hydrogen-bond acceptors (Lipinski definition) is 6. The Bertz CT molecular complexity index is 429. The van der Waals surface area contributed by atoms with Crippen molar-refractivity contribution < 1.29 is 4.74 Å². The maximum atomic E-state index is 5.82. The van der Waals surface area contributed by atoms with Crippen LogP contribution in [0.1, 0.15) is 19.8 Å². The summed E-state index contributed by atoms with van der Waals surface area (Å²) in [6.45, 7) is 3.97. The van der Waals surface area contributed by atoms with Crippen molar-refractivity contribution in [1.29, 1.82) is 0 Å². The van der Waals surface area contributed by atoms with Gasteiger partial charge in [0.2, 0.25) is 0 Å². The Kier molecular flexibility index (Phi) is 3.97. The second-order valence-electron chi connectivity index (χ2n) is 4.82. The first-order valence-electron chi connectivity index (χ1n) is 6.05. The Morgan fingerprint density at radius 1 is 1.50 bits per heavy atom. The molecule has 0 radical (unpaired) electrons. The first kappa shape index (κ1) is 13.4. The SMILES string of the molecule is COC1(C)CCCN(c2cc(N)nc(SC)n2)C1. The molecule has 1 saturated heterocycles. The highest BCUT2D eigenvalue weighted by Gasteiger charge is 2.31. The second-order valence-corrected chi connectivity index (χ2v) is 5.59. The van der Waals surface area contributed by atoms with Crippen molar-refractivity contribution in [3.63, 3.8) is 0 Å². The van der Waals surface area contributed by atoms with Gasteiger partial charge in [-0.1, -0.05) is 11.8 Å². The van der Waals surface area contributed by atoms with E-state index in [2.05, 4.69) is 21.8 Å². The number of ether oxygens (including phenoxy) is 1. The fraction of sp³-hybridized carbons (Fsp3) is 0.667. The average Bonchev–Trinajstić information content (AvgIpc) is 2.38. The molecule has 0 aromatic carbocycles. The maximum Gasteiger partial charge on any atom is 0.191 e. The van der Waals surface area contributed by atoms with Gasteiger partial charge in [-0.05, 0) is 26.0 Å². The van der Waals surface area contributed by atoms with Crippen LogP contribution in [0.25, 0.3) is 0 Å². The number of aromatic nitrogens is 2. The van der Waals surface area contributed by atoms with Crippen LogP contribution >= 0.6 is 11.8 Å². The van der Waals surface area contributed by atoms with E-state index in [1.165, 1.54) is 11.8 Å². The van der Waals surface area contributed by atoms with Crippen molar-refractivity contribution >= 4 is 23.4 Å².